The predicted molar refractivity (Wildman–Crippen MR) is 97.5 cm³/mol. The van der Waals surface area contributed by atoms with Crippen molar-refractivity contribution in [2.45, 2.75) is 36.9 Å². The molecule has 0 radical (unpaired) electrons. The summed E-state index contributed by atoms with van der Waals surface area (Å²) in [5.74, 6) is -0.255. The van der Waals surface area contributed by atoms with E-state index in [4.69, 9.17) is 4.74 Å². The Labute approximate surface area is 153 Å². The Morgan fingerprint density at radius 1 is 1.08 bits per heavy atom. The van der Waals surface area contributed by atoms with E-state index in [9.17, 15) is 12.8 Å². The van der Waals surface area contributed by atoms with Crippen LogP contribution in [-0.2, 0) is 27.8 Å². The fourth-order valence-corrected chi connectivity index (χ4v) is 3.94. The van der Waals surface area contributed by atoms with Gasteiger partial charge in [-0.3, -0.25) is 0 Å². The summed E-state index contributed by atoms with van der Waals surface area (Å²) >= 11 is 0. The van der Waals surface area contributed by atoms with Crippen molar-refractivity contribution in [1.29, 1.82) is 0 Å². The summed E-state index contributed by atoms with van der Waals surface area (Å²) in [6, 6.07) is 13.2. The Balaban J connectivity index is 1.50. The summed E-state index contributed by atoms with van der Waals surface area (Å²) in [4.78, 5) is 0.240. The zero-order valence-electron chi connectivity index (χ0n) is 14.4. The maximum absolute atomic E-state index is 13.1. The first kappa shape index (κ1) is 19.0. The van der Waals surface area contributed by atoms with Gasteiger partial charge in [-0.15, -0.1) is 0 Å². The topological polar surface area (TPSA) is 67.4 Å². The Bertz CT molecular complexity index is 819. The van der Waals surface area contributed by atoms with E-state index in [1.165, 1.54) is 12.1 Å². The van der Waals surface area contributed by atoms with Gasteiger partial charge in [-0.05, 0) is 48.2 Å². The van der Waals surface area contributed by atoms with Gasteiger partial charge in [-0.2, -0.15) is 0 Å². The molecule has 7 heteroatoms. The van der Waals surface area contributed by atoms with Crippen LogP contribution in [-0.4, -0.2) is 27.7 Å². The zero-order chi connectivity index (χ0) is 18.4. The average molecular weight is 378 g/mol. The molecule has 1 atom stereocenters. The van der Waals surface area contributed by atoms with E-state index in [-0.39, 0.29) is 16.8 Å². The van der Waals surface area contributed by atoms with E-state index in [0.717, 1.165) is 24.0 Å². The van der Waals surface area contributed by atoms with Crippen molar-refractivity contribution in [2.24, 2.45) is 0 Å². The highest BCUT2D eigenvalue weighted by molar-refractivity contribution is 7.89. The molecule has 0 aliphatic carbocycles. The summed E-state index contributed by atoms with van der Waals surface area (Å²) < 4.78 is 45.8. The van der Waals surface area contributed by atoms with Gasteiger partial charge < -0.3 is 10.1 Å². The number of hydrogen-bond acceptors (Lipinski definition) is 4. The van der Waals surface area contributed by atoms with Crippen LogP contribution in [0.4, 0.5) is 4.39 Å². The van der Waals surface area contributed by atoms with Crippen molar-refractivity contribution >= 4 is 10.0 Å². The van der Waals surface area contributed by atoms with E-state index in [0.29, 0.717) is 26.2 Å². The number of hydrogen-bond donors (Lipinski definition) is 2. The van der Waals surface area contributed by atoms with Crippen LogP contribution in [0.15, 0.2) is 53.4 Å². The molecule has 1 aliphatic heterocycles. The van der Waals surface area contributed by atoms with Gasteiger partial charge in [-0.1, -0.05) is 24.3 Å². The normalized spacial score (nSPS) is 17.5. The van der Waals surface area contributed by atoms with E-state index in [1.807, 2.05) is 6.07 Å². The van der Waals surface area contributed by atoms with Crippen LogP contribution in [0.25, 0.3) is 0 Å². The second-order valence-corrected chi connectivity index (χ2v) is 8.13. The van der Waals surface area contributed by atoms with E-state index in [1.54, 1.807) is 30.3 Å². The minimum absolute atomic E-state index is 0.0314. The van der Waals surface area contributed by atoms with Gasteiger partial charge in [0.1, 0.15) is 5.82 Å². The first-order valence-electron chi connectivity index (χ1n) is 8.68. The number of ether oxygens (including phenoxy) is 1. The fourth-order valence-electron chi connectivity index (χ4n) is 2.88. The van der Waals surface area contributed by atoms with Crippen LogP contribution in [0.2, 0.25) is 0 Å². The number of rotatable bonds is 8. The molecule has 0 amide bonds. The number of halogens is 1. The quantitative estimate of drug-likeness (QED) is 0.741. The van der Waals surface area contributed by atoms with Crippen molar-refractivity contribution in [1.82, 2.24) is 10.0 Å². The molecule has 1 aliphatic rings. The smallest absolute Gasteiger partial charge is 0.240 e. The van der Waals surface area contributed by atoms with Crippen LogP contribution in [0, 0.1) is 5.82 Å². The van der Waals surface area contributed by atoms with Crippen molar-refractivity contribution in [3.63, 3.8) is 0 Å². The molecule has 1 unspecified atom stereocenters. The van der Waals surface area contributed by atoms with E-state index < -0.39 is 10.0 Å². The van der Waals surface area contributed by atoms with Crippen molar-refractivity contribution in [3.05, 3.63) is 65.5 Å². The molecule has 26 heavy (non-hydrogen) atoms. The Hall–Kier alpha value is -1.80. The first-order chi connectivity index (χ1) is 12.5. The van der Waals surface area contributed by atoms with Gasteiger partial charge in [-0.25, -0.2) is 17.5 Å². The second-order valence-electron chi connectivity index (χ2n) is 6.36. The largest absolute Gasteiger partial charge is 0.377 e. The fraction of sp³-hybridized carbons (Fsp3) is 0.368. The lowest BCUT2D eigenvalue weighted by Gasteiger charge is -2.12. The maximum Gasteiger partial charge on any atom is 0.240 e. The molecule has 140 valence electrons. The van der Waals surface area contributed by atoms with Crippen LogP contribution in [0.3, 0.4) is 0 Å². The summed E-state index contributed by atoms with van der Waals surface area (Å²) in [5.41, 5.74) is 1.82. The van der Waals surface area contributed by atoms with Crippen LogP contribution < -0.4 is 10.0 Å². The van der Waals surface area contributed by atoms with Gasteiger partial charge in [0.2, 0.25) is 10.0 Å². The third kappa shape index (κ3) is 5.35. The molecule has 0 bridgehead atoms. The highest BCUT2D eigenvalue weighted by Crippen LogP contribution is 2.14. The lowest BCUT2D eigenvalue weighted by atomic mass is 10.2. The third-order valence-corrected chi connectivity index (χ3v) is 5.75. The monoisotopic (exact) mass is 378 g/mol. The minimum atomic E-state index is -3.52. The molecular weight excluding hydrogens is 355 g/mol. The number of nitrogens with one attached hydrogen (secondary N) is 2. The Kier molecular flexibility index (Phi) is 6.37. The third-order valence-electron chi connectivity index (χ3n) is 4.31. The lowest BCUT2D eigenvalue weighted by molar-refractivity contribution is 0.114. The van der Waals surface area contributed by atoms with Crippen molar-refractivity contribution < 1.29 is 17.5 Å². The maximum atomic E-state index is 13.1. The Morgan fingerprint density at radius 3 is 2.54 bits per heavy atom. The molecule has 1 heterocycles. The molecule has 0 spiro atoms. The highest BCUT2D eigenvalue weighted by atomic mass is 32.2. The first-order valence-corrected chi connectivity index (χ1v) is 10.2. The molecule has 0 saturated carbocycles. The SMILES string of the molecule is O=S(=O)(NCC1CCCO1)c1ccc(CNCc2cccc(F)c2)cc1. The molecular formula is C19H23FN2O3S. The van der Waals surface area contributed by atoms with Crippen LogP contribution in [0.5, 0.6) is 0 Å². The average Bonchev–Trinajstić information content (AvgIpc) is 3.14. The second kappa shape index (κ2) is 8.73. The molecule has 2 aromatic rings. The summed E-state index contributed by atoms with van der Waals surface area (Å²) in [6.45, 7) is 2.12. The number of benzene rings is 2. The highest BCUT2D eigenvalue weighted by Gasteiger charge is 2.20. The summed E-state index contributed by atoms with van der Waals surface area (Å²) in [5, 5.41) is 3.22. The predicted octanol–water partition coefficient (Wildman–Crippen LogP) is 2.57. The number of sulfonamides is 1. The lowest BCUT2D eigenvalue weighted by Crippen LogP contribution is -2.31. The van der Waals surface area contributed by atoms with Gasteiger partial charge in [0.25, 0.3) is 0 Å². The molecule has 1 saturated heterocycles. The van der Waals surface area contributed by atoms with Crippen molar-refractivity contribution in [3.8, 4) is 0 Å². The van der Waals surface area contributed by atoms with Gasteiger partial charge >= 0.3 is 0 Å². The zero-order valence-corrected chi connectivity index (χ0v) is 15.3. The van der Waals surface area contributed by atoms with Crippen LogP contribution in [0.1, 0.15) is 24.0 Å². The van der Waals surface area contributed by atoms with Gasteiger partial charge in [0.05, 0.1) is 11.0 Å². The van der Waals surface area contributed by atoms with Crippen molar-refractivity contribution in [2.75, 3.05) is 13.2 Å². The standard InChI is InChI=1S/C19H23FN2O3S/c20-17-4-1-3-16(11-17)13-21-12-15-6-8-19(9-7-15)26(23,24)22-14-18-5-2-10-25-18/h1,3-4,6-9,11,18,21-22H,2,5,10,12-14H2. The van der Waals surface area contributed by atoms with Gasteiger partial charge in [0.15, 0.2) is 0 Å². The summed E-state index contributed by atoms with van der Waals surface area (Å²) in [6.07, 6.45) is 1.83. The molecule has 1 fully saturated rings. The van der Waals surface area contributed by atoms with Gasteiger partial charge in [0, 0.05) is 26.2 Å². The van der Waals surface area contributed by atoms with Crippen LogP contribution >= 0.6 is 0 Å². The molecule has 5 nitrogen and oxygen atoms in total. The van der Waals surface area contributed by atoms with E-state index in [2.05, 4.69) is 10.0 Å². The molecule has 3 rings (SSSR count). The molecule has 2 N–H and O–H groups in total. The minimum Gasteiger partial charge on any atom is -0.377 e. The Morgan fingerprint density at radius 2 is 1.85 bits per heavy atom. The molecule has 0 aromatic heterocycles. The summed E-state index contributed by atoms with van der Waals surface area (Å²) in [7, 11) is -3.52. The van der Waals surface area contributed by atoms with E-state index >= 15 is 0 Å². The molecule has 2 aromatic carbocycles.